The molecular weight excluding hydrogens is 348 g/mol. The molecule has 0 unspecified atom stereocenters. The van der Waals surface area contributed by atoms with E-state index in [1.807, 2.05) is 49.5 Å². The molecule has 26 heavy (non-hydrogen) atoms. The third-order valence-electron chi connectivity index (χ3n) is 3.85. The maximum atomic E-state index is 12.3. The maximum Gasteiger partial charge on any atom is 0.322 e. The lowest BCUT2D eigenvalue weighted by atomic mass is 10.1. The summed E-state index contributed by atoms with van der Waals surface area (Å²) < 4.78 is 5.53. The second kappa shape index (κ2) is 8.05. The Balaban J connectivity index is 1.62. The summed E-state index contributed by atoms with van der Waals surface area (Å²) in [7, 11) is 3.90. The zero-order chi connectivity index (χ0) is 18.5. The van der Waals surface area contributed by atoms with E-state index in [-0.39, 0.29) is 11.9 Å². The zero-order valence-corrected chi connectivity index (χ0v) is 15.7. The first-order chi connectivity index (χ1) is 12.5. The predicted molar refractivity (Wildman–Crippen MR) is 104 cm³/mol. The van der Waals surface area contributed by atoms with Gasteiger partial charge in [-0.05, 0) is 48.2 Å². The van der Waals surface area contributed by atoms with Crippen LogP contribution in [-0.4, -0.2) is 36.5 Å². The third-order valence-corrected chi connectivity index (χ3v) is 4.59. The molecule has 0 saturated heterocycles. The quantitative estimate of drug-likeness (QED) is 0.669. The number of thioether (sulfide) groups is 1. The molecule has 0 saturated carbocycles. The Bertz CT molecular complexity index is 873. The average Bonchev–Trinajstić information content (AvgIpc) is 3.09. The van der Waals surface area contributed by atoms with Gasteiger partial charge in [0, 0.05) is 30.2 Å². The van der Waals surface area contributed by atoms with Crippen molar-refractivity contribution in [1.29, 1.82) is 0 Å². The van der Waals surface area contributed by atoms with E-state index in [4.69, 9.17) is 4.42 Å². The highest BCUT2D eigenvalue weighted by atomic mass is 32.2. The van der Waals surface area contributed by atoms with Crippen molar-refractivity contribution < 1.29 is 9.21 Å². The highest BCUT2D eigenvalue weighted by molar-refractivity contribution is 7.98. The van der Waals surface area contributed by atoms with E-state index < -0.39 is 0 Å². The van der Waals surface area contributed by atoms with Crippen LogP contribution in [0.5, 0.6) is 0 Å². The minimum atomic E-state index is -0.283. The number of rotatable bonds is 6. The molecule has 1 aromatic heterocycles. The molecule has 1 N–H and O–H groups in total. The van der Waals surface area contributed by atoms with Crippen LogP contribution >= 0.6 is 11.8 Å². The van der Waals surface area contributed by atoms with Gasteiger partial charge in [0.2, 0.25) is 5.89 Å². The van der Waals surface area contributed by atoms with Gasteiger partial charge in [0.05, 0.1) is 6.42 Å². The van der Waals surface area contributed by atoms with Gasteiger partial charge in [-0.3, -0.25) is 10.1 Å². The van der Waals surface area contributed by atoms with Crippen molar-refractivity contribution in [3.05, 3.63) is 65.5 Å². The van der Waals surface area contributed by atoms with Gasteiger partial charge in [-0.25, -0.2) is 0 Å². The Labute approximate surface area is 156 Å². The summed E-state index contributed by atoms with van der Waals surface area (Å²) in [4.78, 5) is 15.4. The molecule has 3 aromatic rings. The van der Waals surface area contributed by atoms with Crippen LogP contribution in [0.3, 0.4) is 0 Å². The molecule has 3 rings (SSSR count). The first-order valence-corrected chi connectivity index (χ1v) is 9.31. The molecule has 1 amide bonds. The van der Waals surface area contributed by atoms with Crippen LogP contribution in [0.2, 0.25) is 0 Å². The number of carbonyl (C=O) groups excluding carboxylic acids is 1. The lowest BCUT2D eigenvalue weighted by Crippen LogP contribution is -2.13. The topological polar surface area (TPSA) is 71.3 Å². The molecule has 0 atom stereocenters. The van der Waals surface area contributed by atoms with Crippen LogP contribution in [0.4, 0.5) is 11.7 Å². The highest BCUT2D eigenvalue weighted by Crippen LogP contribution is 2.18. The number of hydrogen-bond acceptors (Lipinski definition) is 6. The molecular formula is C19H20N4O2S. The van der Waals surface area contributed by atoms with Gasteiger partial charge >= 0.3 is 6.01 Å². The van der Waals surface area contributed by atoms with Gasteiger partial charge in [-0.15, -0.1) is 16.9 Å². The molecule has 0 aliphatic rings. The Morgan fingerprint density at radius 2 is 1.77 bits per heavy atom. The highest BCUT2D eigenvalue weighted by Gasteiger charge is 2.12. The summed E-state index contributed by atoms with van der Waals surface area (Å²) in [6, 6.07) is 15.5. The van der Waals surface area contributed by atoms with Gasteiger partial charge in [-0.2, -0.15) is 0 Å². The van der Waals surface area contributed by atoms with Gasteiger partial charge in [0.15, 0.2) is 0 Å². The van der Waals surface area contributed by atoms with Crippen LogP contribution in [0.1, 0.15) is 21.8 Å². The molecule has 0 aliphatic carbocycles. The second-order valence-electron chi connectivity index (χ2n) is 5.92. The minimum absolute atomic E-state index is 0.0995. The largest absolute Gasteiger partial charge is 0.407 e. The predicted octanol–water partition coefficient (Wildman–Crippen LogP) is 3.70. The van der Waals surface area contributed by atoms with Gasteiger partial charge < -0.3 is 9.32 Å². The van der Waals surface area contributed by atoms with E-state index in [0.717, 1.165) is 11.3 Å². The van der Waals surface area contributed by atoms with E-state index in [2.05, 4.69) is 27.6 Å². The fourth-order valence-corrected chi connectivity index (χ4v) is 2.78. The number of aromatic nitrogens is 2. The number of nitrogens with one attached hydrogen (secondary N) is 1. The molecule has 0 aliphatic heterocycles. The molecule has 0 fully saturated rings. The Morgan fingerprint density at radius 1 is 1.08 bits per heavy atom. The van der Waals surface area contributed by atoms with Crippen LogP contribution in [0, 0.1) is 0 Å². The fourth-order valence-electron chi connectivity index (χ4n) is 2.37. The first-order valence-electron chi connectivity index (χ1n) is 8.09. The van der Waals surface area contributed by atoms with Crippen LogP contribution in [0.15, 0.2) is 57.8 Å². The molecule has 0 bridgehead atoms. The molecule has 134 valence electrons. The SMILES string of the molecule is CSc1ccc(Cc2nnc(NC(=O)c3ccc(N(C)C)cc3)o2)cc1. The minimum Gasteiger partial charge on any atom is -0.407 e. The smallest absolute Gasteiger partial charge is 0.322 e. The number of benzene rings is 2. The van der Waals surface area contributed by atoms with E-state index in [9.17, 15) is 4.79 Å². The van der Waals surface area contributed by atoms with E-state index >= 15 is 0 Å². The molecule has 1 heterocycles. The second-order valence-corrected chi connectivity index (χ2v) is 6.80. The third kappa shape index (κ3) is 4.43. The van der Waals surface area contributed by atoms with E-state index in [1.54, 1.807) is 23.9 Å². The Kier molecular flexibility index (Phi) is 5.58. The molecule has 7 heteroatoms. The number of amides is 1. The van der Waals surface area contributed by atoms with Crippen molar-refractivity contribution >= 4 is 29.4 Å². The van der Waals surface area contributed by atoms with Gasteiger partial charge in [0.25, 0.3) is 5.91 Å². The fraction of sp³-hybridized carbons (Fsp3) is 0.211. The normalized spacial score (nSPS) is 10.6. The summed E-state index contributed by atoms with van der Waals surface area (Å²) in [5.41, 5.74) is 2.63. The summed E-state index contributed by atoms with van der Waals surface area (Å²) in [6.45, 7) is 0. The van der Waals surface area contributed by atoms with Gasteiger partial charge in [0.1, 0.15) is 0 Å². The number of nitrogens with zero attached hydrogens (tertiary/aromatic N) is 3. The van der Waals surface area contributed by atoms with Gasteiger partial charge in [-0.1, -0.05) is 17.2 Å². The standard InChI is InChI=1S/C19H20N4O2S/c1-23(2)15-8-6-14(7-9-15)18(24)20-19-22-21-17(25-19)12-13-4-10-16(26-3)11-5-13/h4-11H,12H2,1-3H3,(H,20,22,24). The van der Waals surface area contributed by atoms with E-state index in [0.29, 0.717) is 17.9 Å². The Morgan fingerprint density at radius 3 is 2.38 bits per heavy atom. The van der Waals surface area contributed by atoms with Crippen molar-refractivity contribution in [1.82, 2.24) is 10.2 Å². The molecule has 6 nitrogen and oxygen atoms in total. The maximum absolute atomic E-state index is 12.3. The molecule has 2 aromatic carbocycles. The number of anilines is 2. The van der Waals surface area contributed by atoms with Crippen molar-refractivity contribution in [3.8, 4) is 0 Å². The van der Waals surface area contributed by atoms with Crippen molar-refractivity contribution in [2.45, 2.75) is 11.3 Å². The van der Waals surface area contributed by atoms with Crippen molar-refractivity contribution in [3.63, 3.8) is 0 Å². The van der Waals surface area contributed by atoms with Crippen LogP contribution < -0.4 is 10.2 Å². The lowest BCUT2D eigenvalue weighted by molar-refractivity contribution is 0.102. The summed E-state index contributed by atoms with van der Waals surface area (Å²) in [6.07, 6.45) is 2.56. The first kappa shape index (κ1) is 18.0. The van der Waals surface area contributed by atoms with E-state index in [1.165, 1.54) is 4.90 Å². The van der Waals surface area contributed by atoms with Crippen LogP contribution in [-0.2, 0) is 6.42 Å². The number of hydrogen-bond donors (Lipinski definition) is 1. The average molecular weight is 368 g/mol. The van der Waals surface area contributed by atoms with Crippen LogP contribution in [0.25, 0.3) is 0 Å². The molecule has 0 radical (unpaired) electrons. The summed E-state index contributed by atoms with van der Waals surface area (Å²) in [5, 5.41) is 10.5. The lowest BCUT2D eigenvalue weighted by Gasteiger charge is -2.12. The van der Waals surface area contributed by atoms with Crippen molar-refractivity contribution in [2.24, 2.45) is 0 Å². The molecule has 0 spiro atoms. The zero-order valence-electron chi connectivity index (χ0n) is 14.9. The summed E-state index contributed by atoms with van der Waals surface area (Å²) >= 11 is 1.69. The Hall–Kier alpha value is -2.80. The number of carbonyl (C=O) groups is 1. The summed E-state index contributed by atoms with van der Waals surface area (Å²) in [5.74, 6) is 0.176. The van der Waals surface area contributed by atoms with Crippen molar-refractivity contribution in [2.75, 3.05) is 30.6 Å². The monoisotopic (exact) mass is 368 g/mol.